The van der Waals surface area contributed by atoms with Crippen LogP contribution in [-0.4, -0.2) is 4.98 Å². The van der Waals surface area contributed by atoms with Gasteiger partial charge in [0.05, 0.1) is 5.51 Å². The van der Waals surface area contributed by atoms with E-state index in [-0.39, 0.29) is 0 Å². The Morgan fingerprint density at radius 2 is 2.29 bits per heavy atom. The van der Waals surface area contributed by atoms with Gasteiger partial charge in [0.25, 0.3) is 0 Å². The first-order valence-electron chi connectivity index (χ1n) is 4.48. The van der Waals surface area contributed by atoms with Crippen molar-refractivity contribution in [2.75, 3.05) is 5.73 Å². The minimum atomic E-state index is 0.829. The second kappa shape index (κ2) is 3.80. The molecule has 0 amide bonds. The maximum Gasteiger partial charge on any atom is 0.0794 e. The minimum absolute atomic E-state index is 0.829. The summed E-state index contributed by atoms with van der Waals surface area (Å²) in [5, 5.41) is 0. The van der Waals surface area contributed by atoms with Crippen LogP contribution in [0.5, 0.6) is 0 Å². The van der Waals surface area contributed by atoms with Crippen LogP contribution >= 0.6 is 11.3 Å². The third-order valence-corrected chi connectivity index (χ3v) is 2.99. The number of aryl methyl sites for hydroxylation is 1. The van der Waals surface area contributed by atoms with E-state index in [1.807, 2.05) is 23.8 Å². The molecule has 0 bridgehead atoms. The van der Waals surface area contributed by atoms with Gasteiger partial charge in [0, 0.05) is 23.2 Å². The van der Waals surface area contributed by atoms with Crippen molar-refractivity contribution in [2.45, 2.75) is 13.3 Å². The molecule has 2 rings (SSSR count). The molecule has 3 heteroatoms. The Hall–Kier alpha value is -1.35. The molecule has 2 nitrogen and oxygen atoms in total. The largest absolute Gasteiger partial charge is 0.399 e. The number of anilines is 1. The average molecular weight is 204 g/mol. The molecule has 0 spiro atoms. The van der Waals surface area contributed by atoms with Gasteiger partial charge in [-0.05, 0) is 30.2 Å². The molecule has 0 aliphatic rings. The van der Waals surface area contributed by atoms with Crippen LogP contribution < -0.4 is 5.73 Å². The average Bonchev–Trinajstić information content (AvgIpc) is 2.62. The maximum atomic E-state index is 5.69. The highest BCUT2D eigenvalue weighted by molar-refractivity contribution is 7.09. The topological polar surface area (TPSA) is 38.9 Å². The maximum absolute atomic E-state index is 5.69. The molecule has 1 aromatic carbocycles. The molecule has 0 aliphatic heterocycles. The molecule has 1 heterocycles. The third-order valence-electron chi connectivity index (χ3n) is 2.21. The number of nitrogen functional groups attached to an aromatic ring is 1. The summed E-state index contributed by atoms with van der Waals surface area (Å²) in [7, 11) is 0. The fourth-order valence-electron chi connectivity index (χ4n) is 1.43. The van der Waals surface area contributed by atoms with E-state index in [4.69, 9.17) is 5.73 Å². The Kier molecular flexibility index (Phi) is 2.50. The summed E-state index contributed by atoms with van der Waals surface area (Å²) in [6, 6.07) is 6.05. The zero-order valence-corrected chi connectivity index (χ0v) is 8.84. The van der Waals surface area contributed by atoms with Gasteiger partial charge in [-0.25, -0.2) is 0 Å². The van der Waals surface area contributed by atoms with Crippen molar-refractivity contribution in [3.63, 3.8) is 0 Å². The summed E-state index contributed by atoms with van der Waals surface area (Å²) in [6.45, 7) is 2.09. The van der Waals surface area contributed by atoms with Crippen LogP contribution in [0, 0.1) is 6.92 Å². The van der Waals surface area contributed by atoms with Crippen LogP contribution in [0.3, 0.4) is 0 Å². The van der Waals surface area contributed by atoms with Crippen LogP contribution in [0.1, 0.15) is 16.0 Å². The number of nitrogens with zero attached hydrogens (tertiary/aromatic N) is 1. The van der Waals surface area contributed by atoms with Gasteiger partial charge in [0.2, 0.25) is 0 Å². The summed E-state index contributed by atoms with van der Waals surface area (Å²) < 4.78 is 0. The Balaban J connectivity index is 2.25. The summed E-state index contributed by atoms with van der Waals surface area (Å²) in [5.74, 6) is 0. The number of thiazole rings is 1. The van der Waals surface area contributed by atoms with Gasteiger partial charge in [0.15, 0.2) is 0 Å². The van der Waals surface area contributed by atoms with Gasteiger partial charge >= 0.3 is 0 Å². The molecule has 2 aromatic rings. The Morgan fingerprint density at radius 3 is 2.93 bits per heavy atom. The van der Waals surface area contributed by atoms with Crippen molar-refractivity contribution in [2.24, 2.45) is 0 Å². The molecule has 0 fully saturated rings. The van der Waals surface area contributed by atoms with Crippen molar-refractivity contribution in [1.82, 2.24) is 4.98 Å². The SMILES string of the molecule is Cc1cc(N)ccc1Cc1cncs1. The lowest BCUT2D eigenvalue weighted by Gasteiger charge is -2.04. The van der Waals surface area contributed by atoms with E-state index in [0.717, 1.165) is 12.1 Å². The highest BCUT2D eigenvalue weighted by Gasteiger charge is 2.01. The monoisotopic (exact) mass is 204 g/mol. The Morgan fingerprint density at radius 1 is 1.43 bits per heavy atom. The predicted octanol–water partition coefficient (Wildman–Crippen LogP) is 2.62. The van der Waals surface area contributed by atoms with E-state index >= 15 is 0 Å². The van der Waals surface area contributed by atoms with Crippen LogP contribution in [-0.2, 0) is 6.42 Å². The smallest absolute Gasteiger partial charge is 0.0794 e. The lowest BCUT2D eigenvalue weighted by atomic mass is 10.0. The van der Waals surface area contributed by atoms with Gasteiger partial charge in [-0.15, -0.1) is 11.3 Å². The van der Waals surface area contributed by atoms with Crippen molar-refractivity contribution in [3.8, 4) is 0 Å². The molecule has 0 saturated carbocycles. The Bertz CT molecular complexity index is 421. The van der Waals surface area contributed by atoms with E-state index in [0.29, 0.717) is 0 Å². The Labute approximate surface area is 87.4 Å². The second-order valence-electron chi connectivity index (χ2n) is 3.33. The van der Waals surface area contributed by atoms with E-state index in [1.54, 1.807) is 11.3 Å². The second-order valence-corrected chi connectivity index (χ2v) is 4.30. The van der Waals surface area contributed by atoms with Gasteiger partial charge < -0.3 is 5.73 Å². The van der Waals surface area contributed by atoms with Crippen LogP contribution in [0.25, 0.3) is 0 Å². The number of rotatable bonds is 2. The van der Waals surface area contributed by atoms with E-state index in [9.17, 15) is 0 Å². The first kappa shape index (κ1) is 9.21. The van der Waals surface area contributed by atoms with E-state index in [2.05, 4.69) is 18.0 Å². The van der Waals surface area contributed by atoms with Crippen molar-refractivity contribution < 1.29 is 0 Å². The molecule has 0 atom stereocenters. The van der Waals surface area contributed by atoms with Crippen molar-refractivity contribution in [3.05, 3.63) is 45.9 Å². The molecule has 0 radical (unpaired) electrons. The first-order chi connectivity index (χ1) is 6.75. The fourth-order valence-corrected chi connectivity index (χ4v) is 2.05. The summed E-state index contributed by atoms with van der Waals surface area (Å²) >= 11 is 1.69. The lowest BCUT2D eigenvalue weighted by molar-refractivity contribution is 1.18. The van der Waals surface area contributed by atoms with Crippen LogP contribution in [0.4, 0.5) is 5.69 Å². The van der Waals surface area contributed by atoms with Crippen molar-refractivity contribution >= 4 is 17.0 Å². The highest BCUT2D eigenvalue weighted by atomic mass is 32.1. The van der Waals surface area contributed by atoms with E-state index < -0.39 is 0 Å². The molecular formula is C11H12N2S. The number of hydrogen-bond donors (Lipinski definition) is 1. The molecule has 1 aromatic heterocycles. The standard InChI is InChI=1S/C11H12N2S/c1-8-4-10(12)3-2-9(8)5-11-6-13-7-14-11/h2-4,6-7H,5,12H2,1H3. The number of aromatic nitrogens is 1. The van der Waals surface area contributed by atoms with Gasteiger partial charge in [-0.2, -0.15) is 0 Å². The number of benzene rings is 1. The number of nitrogens with two attached hydrogens (primary N) is 1. The molecule has 0 aliphatic carbocycles. The zero-order valence-electron chi connectivity index (χ0n) is 8.03. The summed E-state index contributed by atoms with van der Waals surface area (Å²) in [5.41, 5.74) is 11.0. The van der Waals surface area contributed by atoms with E-state index in [1.165, 1.54) is 16.0 Å². The molecular weight excluding hydrogens is 192 g/mol. The molecule has 0 unspecified atom stereocenters. The third kappa shape index (κ3) is 1.93. The van der Waals surface area contributed by atoms with Gasteiger partial charge in [-0.1, -0.05) is 6.07 Å². The van der Waals surface area contributed by atoms with Crippen molar-refractivity contribution in [1.29, 1.82) is 0 Å². The van der Waals surface area contributed by atoms with Gasteiger partial charge in [0.1, 0.15) is 0 Å². The zero-order chi connectivity index (χ0) is 9.97. The van der Waals surface area contributed by atoms with Crippen LogP contribution in [0.2, 0.25) is 0 Å². The quantitative estimate of drug-likeness (QED) is 0.764. The fraction of sp³-hybridized carbons (Fsp3) is 0.182. The molecule has 72 valence electrons. The predicted molar refractivity (Wildman–Crippen MR) is 60.5 cm³/mol. The molecule has 2 N–H and O–H groups in total. The molecule has 14 heavy (non-hydrogen) atoms. The van der Waals surface area contributed by atoms with Crippen LogP contribution in [0.15, 0.2) is 29.9 Å². The summed E-state index contributed by atoms with van der Waals surface area (Å²) in [6.07, 6.45) is 2.87. The summed E-state index contributed by atoms with van der Waals surface area (Å²) in [4.78, 5) is 5.35. The number of hydrogen-bond acceptors (Lipinski definition) is 3. The highest BCUT2D eigenvalue weighted by Crippen LogP contribution is 2.18. The normalized spacial score (nSPS) is 10.4. The minimum Gasteiger partial charge on any atom is -0.399 e. The molecule has 0 saturated heterocycles. The van der Waals surface area contributed by atoms with Gasteiger partial charge in [-0.3, -0.25) is 4.98 Å². The lowest BCUT2D eigenvalue weighted by Crippen LogP contribution is -1.92. The first-order valence-corrected chi connectivity index (χ1v) is 5.36.